The Kier molecular flexibility index (Phi) is 11.3. The number of likely N-dealkylation sites (tertiary alicyclic amines) is 1. The SMILES string of the molecule is CCOP(=O)(Cc1ccc(COc2ccccc2OC2CCN(Cc3ccc4nc(-c5cccc(C(F)(F)F)c5)[nH]c4c3)CC2)cc1)OCC. The third-order valence-electron chi connectivity index (χ3n) is 8.54. The summed E-state index contributed by atoms with van der Waals surface area (Å²) in [4.78, 5) is 10.1. The van der Waals surface area contributed by atoms with Gasteiger partial charge in [-0.2, -0.15) is 13.2 Å². The van der Waals surface area contributed by atoms with Crippen LogP contribution in [0.1, 0.15) is 48.9 Å². The first-order valence-electron chi connectivity index (χ1n) is 16.8. The molecule has 0 amide bonds. The Morgan fingerprint density at radius 3 is 2.22 bits per heavy atom. The van der Waals surface area contributed by atoms with Crippen LogP contribution in [0.4, 0.5) is 13.2 Å². The Balaban J connectivity index is 1.01. The van der Waals surface area contributed by atoms with Gasteiger partial charge in [0.1, 0.15) is 18.5 Å². The van der Waals surface area contributed by atoms with Crippen LogP contribution in [0, 0.1) is 0 Å². The lowest BCUT2D eigenvalue weighted by atomic mass is 10.1. The summed E-state index contributed by atoms with van der Waals surface area (Å²) in [6, 6.07) is 26.6. The first-order chi connectivity index (χ1) is 24.1. The number of H-pyrrole nitrogens is 1. The Bertz CT molecular complexity index is 1910. The van der Waals surface area contributed by atoms with E-state index in [0.717, 1.165) is 66.8 Å². The number of aromatic nitrogens is 2. The van der Waals surface area contributed by atoms with E-state index in [2.05, 4.69) is 14.9 Å². The summed E-state index contributed by atoms with van der Waals surface area (Å²) in [5, 5.41) is 0. The molecular weight excluding hydrogens is 666 g/mol. The van der Waals surface area contributed by atoms with Crippen molar-refractivity contribution in [3.63, 3.8) is 0 Å². The number of para-hydroxylation sites is 2. The Labute approximate surface area is 290 Å². The fourth-order valence-electron chi connectivity index (χ4n) is 6.07. The van der Waals surface area contributed by atoms with Crippen molar-refractivity contribution >= 4 is 18.6 Å². The van der Waals surface area contributed by atoms with E-state index < -0.39 is 19.3 Å². The molecule has 6 rings (SSSR count). The zero-order chi connectivity index (χ0) is 35.1. The fourth-order valence-corrected chi connectivity index (χ4v) is 7.77. The van der Waals surface area contributed by atoms with Crippen molar-refractivity contribution in [1.29, 1.82) is 0 Å². The molecule has 8 nitrogen and oxygen atoms in total. The number of nitrogens with one attached hydrogen (secondary N) is 1. The van der Waals surface area contributed by atoms with Crippen molar-refractivity contribution in [2.24, 2.45) is 0 Å². The van der Waals surface area contributed by atoms with E-state index in [1.54, 1.807) is 19.9 Å². The lowest BCUT2D eigenvalue weighted by Gasteiger charge is -2.32. The molecule has 0 spiro atoms. The third-order valence-corrected chi connectivity index (χ3v) is 10.6. The van der Waals surface area contributed by atoms with Crippen molar-refractivity contribution in [2.75, 3.05) is 26.3 Å². The van der Waals surface area contributed by atoms with Gasteiger partial charge in [-0.3, -0.25) is 9.46 Å². The number of hydrogen-bond donors (Lipinski definition) is 1. The summed E-state index contributed by atoms with van der Waals surface area (Å²) < 4.78 is 76.0. The summed E-state index contributed by atoms with van der Waals surface area (Å²) in [5.74, 6) is 1.79. The van der Waals surface area contributed by atoms with Gasteiger partial charge in [0.25, 0.3) is 0 Å². The van der Waals surface area contributed by atoms with Crippen molar-refractivity contribution in [1.82, 2.24) is 14.9 Å². The second kappa shape index (κ2) is 15.8. The Hall–Kier alpha value is -4.15. The molecule has 1 saturated heterocycles. The van der Waals surface area contributed by atoms with E-state index >= 15 is 0 Å². The topological polar surface area (TPSA) is 85.9 Å². The third kappa shape index (κ3) is 9.14. The number of piperidine rings is 1. The van der Waals surface area contributed by atoms with Gasteiger partial charge in [-0.1, -0.05) is 54.6 Å². The maximum absolute atomic E-state index is 13.2. The van der Waals surface area contributed by atoms with Crippen LogP contribution in [-0.4, -0.2) is 47.3 Å². The molecule has 0 unspecified atom stereocenters. The Morgan fingerprint density at radius 1 is 0.840 bits per heavy atom. The van der Waals surface area contributed by atoms with E-state index in [1.807, 2.05) is 66.7 Å². The molecule has 1 aliphatic heterocycles. The average Bonchev–Trinajstić information content (AvgIpc) is 3.53. The summed E-state index contributed by atoms with van der Waals surface area (Å²) >= 11 is 0. The number of imidazole rings is 1. The van der Waals surface area contributed by atoms with Gasteiger partial charge >= 0.3 is 13.8 Å². The van der Waals surface area contributed by atoms with Gasteiger partial charge in [0, 0.05) is 25.2 Å². The lowest BCUT2D eigenvalue weighted by Crippen LogP contribution is -2.37. The van der Waals surface area contributed by atoms with Crippen LogP contribution >= 0.6 is 7.60 Å². The van der Waals surface area contributed by atoms with Crippen molar-refractivity contribution in [3.8, 4) is 22.9 Å². The zero-order valence-electron chi connectivity index (χ0n) is 28.1. The molecule has 0 aliphatic carbocycles. The minimum absolute atomic E-state index is 0.0479. The number of fused-ring (bicyclic) bond motifs is 1. The van der Waals surface area contributed by atoms with Gasteiger partial charge in [-0.25, -0.2) is 4.98 Å². The molecule has 1 fully saturated rings. The molecule has 1 N–H and O–H groups in total. The van der Waals surface area contributed by atoms with Crippen molar-refractivity contribution < 1.29 is 36.3 Å². The molecule has 5 aromatic rings. The molecule has 0 saturated carbocycles. The number of hydrogen-bond acceptors (Lipinski definition) is 7. The minimum atomic E-state index is -4.41. The van der Waals surface area contributed by atoms with Gasteiger partial charge in [-0.05, 0) is 79.8 Å². The first-order valence-corrected chi connectivity index (χ1v) is 18.6. The number of benzene rings is 4. The highest BCUT2D eigenvalue weighted by molar-refractivity contribution is 7.53. The Morgan fingerprint density at radius 2 is 1.52 bits per heavy atom. The monoisotopic (exact) mass is 707 g/mol. The van der Waals surface area contributed by atoms with Crippen LogP contribution in [0.5, 0.6) is 11.5 Å². The average molecular weight is 708 g/mol. The predicted molar refractivity (Wildman–Crippen MR) is 187 cm³/mol. The van der Waals surface area contributed by atoms with E-state index in [-0.39, 0.29) is 12.3 Å². The normalized spacial score (nSPS) is 14.7. The number of alkyl halides is 3. The van der Waals surface area contributed by atoms with Gasteiger partial charge in [0.2, 0.25) is 0 Å². The van der Waals surface area contributed by atoms with Crippen LogP contribution in [0.15, 0.2) is 91.0 Å². The second-order valence-electron chi connectivity index (χ2n) is 12.3. The molecule has 50 heavy (non-hydrogen) atoms. The lowest BCUT2D eigenvalue weighted by molar-refractivity contribution is -0.137. The van der Waals surface area contributed by atoms with Crippen molar-refractivity contribution in [2.45, 2.75) is 58.3 Å². The van der Waals surface area contributed by atoms with Crippen LogP contribution in [0.2, 0.25) is 0 Å². The van der Waals surface area contributed by atoms with Crippen LogP contribution < -0.4 is 9.47 Å². The second-order valence-corrected chi connectivity index (χ2v) is 14.3. The van der Waals surface area contributed by atoms with Crippen molar-refractivity contribution in [3.05, 3.63) is 113 Å². The summed E-state index contributed by atoms with van der Waals surface area (Å²) in [6.07, 6.45) is -2.43. The minimum Gasteiger partial charge on any atom is -0.486 e. The van der Waals surface area contributed by atoms with Crippen LogP contribution in [0.25, 0.3) is 22.4 Å². The molecule has 1 aromatic heterocycles. The summed E-state index contributed by atoms with van der Waals surface area (Å²) in [6.45, 7) is 7.07. The number of ether oxygens (including phenoxy) is 2. The fraction of sp³-hybridized carbons (Fsp3) is 0.342. The van der Waals surface area contributed by atoms with Gasteiger partial charge in [0.05, 0.1) is 36.0 Å². The number of nitrogens with zero attached hydrogens (tertiary/aromatic N) is 2. The van der Waals surface area contributed by atoms with Crippen LogP contribution in [-0.2, 0) is 39.1 Å². The van der Waals surface area contributed by atoms with E-state index in [0.29, 0.717) is 48.2 Å². The predicted octanol–water partition coefficient (Wildman–Crippen LogP) is 9.64. The molecular formula is C38H41F3N3O5P. The highest BCUT2D eigenvalue weighted by Crippen LogP contribution is 2.51. The van der Waals surface area contributed by atoms with Gasteiger partial charge < -0.3 is 23.5 Å². The molecule has 2 heterocycles. The standard InChI is InChI=1S/C38H41F3N3O5P/c1-3-47-50(45,48-4-2)26-28-14-12-27(13-15-28)25-46-35-10-5-6-11-36(35)49-32-18-20-44(21-19-32)24-29-16-17-33-34(22-29)43-37(42-33)30-8-7-9-31(23-30)38(39,40)41/h5-17,22-23,32H,3-4,18-21,24-26H2,1-2H3,(H,42,43). The molecule has 0 radical (unpaired) electrons. The molecule has 1 aliphatic rings. The number of halogens is 3. The molecule has 0 bridgehead atoms. The smallest absolute Gasteiger partial charge is 0.416 e. The highest BCUT2D eigenvalue weighted by Gasteiger charge is 2.31. The molecule has 4 aromatic carbocycles. The highest BCUT2D eigenvalue weighted by atomic mass is 31.2. The van der Waals surface area contributed by atoms with E-state index in [1.165, 1.54) is 6.07 Å². The molecule has 12 heteroatoms. The molecule has 0 atom stereocenters. The van der Waals surface area contributed by atoms with Crippen LogP contribution in [0.3, 0.4) is 0 Å². The summed E-state index contributed by atoms with van der Waals surface area (Å²) in [7, 11) is -3.17. The van der Waals surface area contributed by atoms with Gasteiger partial charge in [0.15, 0.2) is 11.5 Å². The summed E-state index contributed by atoms with van der Waals surface area (Å²) in [5.41, 5.74) is 4.13. The quantitative estimate of drug-likeness (QED) is 0.115. The maximum atomic E-state index is 13.2. The maximum Gasteiger partial charge on any atom is 0.416 e. The largest absolute Gasteiger partial charge is 0.486 e. The first kappa shape index (κ1) is 35.7. The number of aromatic amines is 1. The zero-order valence-corrected chi connectivity index (χ0v) is 29.0. The van der Waals surface area contributed by atoms with E-state index in [4.69, 9.17) is 18.5 Å². The molecule has 264 valence electrons. The van der Waals surface area contributed by atoms with E-state index in [9.17, 15) is 17.7 Å². The van der Waals surface area contributed by atoms with Gasteiger partial charge in [-0.15, -0.1) is 0 Å². The number of rotatable bonds is 14.